The highest BCUT2D eigenvalue weighted by Crippen LogP contribution is 2.13. The minimum atomic E-state index is -0.407. The number of nitrogens with one attached hydrogen (secondary N) is 1. The molecule has 0 aliphatic heterocycles. The van der Waals surface area contributed by atoms with Crippen molar-refractivity contribution in [2.45, 2.75) is 20.3 Å². The van der Waals surface area contributed by atoms with Gasteiger partial charge in [-0.15, -0.1) is 11.8 Å². The van der Waals surface area contributed by atoms with Crippen LogP contribution in [-0.2, 0) is 16.0 Å². The molecule has 6 nitrogen and oxygen atoms in total. The number of carbonyl (C=O) groups is 2. The second-order valence-electron chi connectivity index (χ2n) is 5.56. The van der Waals surface area contributed by atoms with Crippen molar-refractivity contribution < 1.29 is 9.59 Å². The van der Waals surface area contributed by atoms with Gasteiger partial charge < -0.3 is 11.1 Å². The average Bonchev–Trinajstić information content (AvgIpc) is 2.86. The number of hydrogen-bond donors (Lipinski definition) is 2. The molecule has 2 amide bonds. The van der Waals surface area contributed by atoms with Gasteiger partial charge in [0.1, 0.15) is 0 Å². The highest BCUT2D eigenvalue weighted by atomic mass is 32.2. The lowest BCUT2D eigenvalue weighted by molar-refractivity contribution is -0.118. The molecule has 7 heteroatoms. The van der Waals surface area contributed by atoms with Gasteiger partial charge in [0.15, 0.2) is 0 Å². The largest absolute Gasteiger partial charge is 0.369 e. The van der Waals surface area contributed by atoms with Gasteiger partial charge in [-0.2, -0.15) is 5.10 Å². The summed E-state index contributed by atoms with van der Waals surface area (Å²) in [5.74, 6) is -0.0721. The summed E-state index contributed by atoms with van der Waals surface area (Å²) in [5, 5.41) is 7.30. The fourth-order valence-electron chi connectivity index (χ4n) is 2.34. The maximum absolute atomic E-state index is 11.6. The van der Waals surface area contributed by atoms with Crippen molar-refractivity contribution in [2.24, 2.45) is 5.73 Å². The van der Waals surface area contributed by atoms with Crippen LogP contribution in [0.3, 0.4) is 0 Å². The first kappa shape index (κ1) is 18.1. The van der Waals surface area contributed by atoms with Gasteiger partial charge in [0, 0.05) is 12.2 Å². The fraction of sp³-hybridized carbons (Fsp3) is 0.353. The number of nitrogens with two attached hydrogens (primary N) is 1. The number of rotatable bonds is 8. The Bertz CT molecular complexity index is 710. The summed E-state index contributed by atoms with van der Waals surface area (Å²) in [5.41, 5.74) is 9.28. The molecule has 0 aliphatic rings. The molecule has 3 N–H and O–H groups in total. The van der Waals surface area contributed by atoms with Crippen LogP contribution in [0.2, 0.25) is 0 Å². The molecular weight excluding hydrogens is 324 g/mol. The number of nitrogens with zero attached hydrogens (tertiary/aromatic N) is 2. The van der Waals surface area contributed by atoms with Crippen LogP contribution in [0.4, 0.5) is 0 Å². The predicted octanol–water partition coefficient (Wildman–Crippen LogP) is 1.37. The first-order chi connectivity index (χ1) is 11.5. The van der Waals surface area contributed by atoms with Gasteiger partial charge in [0.2, 0.25) is 11.8 Å². The molecule has 0 atom stereocenters. The predicted molar refractivity (Wildman–Crippen MR) is 96.3 cm³/mol. The van der Waals surface area contributed by atoms with Crippen LogP contribution in [0.25, 0.3) is 5.69 Å². The number of hydrogen-bond acceptors (Lipinski definition) is 4. The van der Waals surface area contributed by atoms with Crippen LogP contribution in [0.15, 0.2) is 30.3 Å². The summed E-state index contributed by atoms with van der Waals surface area (Å²) >= 11 is 1.22. The Kier molecular flexibility index (Phi) is 6.43. The summed E-state index contributed by atoms with van der Waals surface area (Å²) in [6.07, 6.45) is 0.754. The Morgan fingerprint density at radius 1 is 1.21 bits per heavy atom. The number of carbonyl (C=O) groups excluding carboxylic acids is 2. The SMILES string of the molecule is Cc1cc(C)n(-c2ccc(CCNC(=O)CSCC(N)=O)cc2)n1. The first-order valence-electron chi connectivity index (χ1n) is 7.71. The maximum Gasteiger partial charge on any atom is 0.230 e. The van der Waals surface area contributed by atoms with Gasteiger partial charge in [-0.1, -0.05) is 12.1 Å². The van der Waals surface area contributed by atoms with E-state index in [4.69, 9.17) is 5.73 Å². The van der Waals surface area contributed by atoms with Gasteiger partial charge in [-0.05, 0) is 44.0 Å². The number of amides is 2. The normalized spacial score (nSPS) is 10.6. The fourth-order valence-corrected chi connectivity index (χ4v) is 2.93. The van der Waals surface area contributed by atoms with E-state index in [1.807, 2.05) is 48.9 Å². The van der Waals surface area contributed by atoms with E-state index in [0.29, 0.717) is 6.54 Å². The zero-order valence-electron chi connectivity index (χ0n) is 13.9. The molecule has 24 heavy (non-hydrogen) atoms. The van der Waals surface area contributed by atoms with Crippen molar-refractivity contribution in [2.75, 3.05) is 18.1 Å². The van der Waals surface area contributed by atoms with Crippen LogP contribution in [-0.4, -0.2) is 39.6 Å². The minimum absolute atomic E-state index is 0.0829. The van der Waals surface area contributed by atoms with E-state index in [2.05, 4.69) is 10.4 Å². The first-order valence-corrected chi connectivity index (χ1v) is 8.86. The van der Waals surface area contributed by atoms with Crippen LogP contribution in [0, 0.1) is 13.8 Å². The zero-order valence-corrected chi connectivity index (χ0v) is 14.7. The highest BCUT2D eigenvalue weighted by molar-refractivity contribution is 8.00. The second-order valence-corrected chi connectivity index (χ2v) is 6.55. The lowest BCUT2D eigenvalue weighted by atomic mass is 10.1. The van der Waals surface area contributed by atoms with Gasteiger partial charge >= 0.3 is 0 Å². The summed E-state index contributed by atoms with van der Waals surface area (Å²) < 4.78 is 1.91. The topological polar surface area (TPSA) is 90.0 Å². The molecule has 128 valence electrons. The number of thioether (sulfide) groups is 1. The number of aromatic nitrogens is 2. The maximum atomic E-state index is 11.6. The van der Waals surface area contributed by atoms with Crippen molar-refractivity contribution >= 4 is 23.6 Å². The third kappa shape index (κ3) is 5.42. The lowest BCUT2D eigenvalue weighted by Gasteiger charge is -2.07. The molecule has 2 aromatic rings. The van der Waals surface area contributed by atoms with Crippen molar-refractivity contribution in [1.82, 2.24) is 15.1 Å². The molecule has 1 aromatic heterocycles. The van der Waals surface area contributed by atoms with E-state index < -0.39 is 5.91 Å². The Hall–Kier alpha value is -2.28. The van der Waals surface area contributed by atoms with Crippen molar-refractivity contribution in [1.29, 1.82) is 0 Å². The van der Waals surface area contributed by atoms with Crippen molar-refractivity contribution in [3.05, 3.63) is 47.3 Å². The zero-order chi connectivity index (χ0) is 17.5. The number of benzene rings is 1. The Balaban J connectivity index is 1.79. The van der Waals surface area contributed by atoms with Crippen LogP contribution >= 0.6 is 11.8 Å². The molecule has 0 aliphatic carbocycles. The van der Waals surface area contributed by atoms with Crippen molar-refractivity contribution in [3.63, 3.8) is 0 Å². The molecule has 0 unspecified atom stereocenters. The van der Waals surface area contributed by atoms with Crippen LogP contribution in [0.1, 0.15) is 17.0 Å². The van der Waals surface area contributed by atoms with Gasteiger partial charge in [-0.25, -0.2) is 4.68 Å². The van der Waals surface area contributed by atoms with E-state index in [0.717, 1.165) is 29.1 Å². The molecule has 0 saturated heterocycles. The second kappa shape index (κ2) is 8.54. The Morgan fingerprint density at radius 2 is 1.92 bits per heavy atom. The molecule has 2 rings (SSSR count). The molecular formula is C17H22N4O2S. The van der Waals surface area contributed by atoms with E-state index in [1.165, 1.54) is 11.8 Å². The Labute approximate surface area is 145 Å². The molecule has 0 bridgehead atoms. The van der Waals surface area contributed by atoms with E-state index in [1.54, 1.807) is 0 Å². The van der Waals surface area contributed by atoms with E-state index >= 15 is 0 Å². The summed E-state index contributed by atoms with van der Waals surface area (Å²) in [7, 11) is 0. The number of primary amides is 1. The molecule has 0 spiro atoms. The summed E-state index contributed by atoms with van der Waals surface area (Å²) in [4.78, 5) is 22.2. The van der Waals surface area contributed by atoms with E-state index in [9.17, 15) is 9.59 Å². The van der Waals surface area contributed by atoms with Crippen LogP contribution in [0.5, 0.6) is 0 Å². The standard InChI is InChI=1S/C17H22N4O2S/c1-12-9-13(2)21(20-12)15-5-3-14(4-6-15)7-8-19-17(23)11-24-10-16(18)22/h3-6,9H,7-8,10-11H2,1-2H3,(H2,18,22)(H,19,23). The Morgan fingerprint density at radius 3 is 2.50 bits per heavy atom. The molecule has 0 radical (unpaired) electrons. The average molecular weight is 346 g/mol. The third-order valence-electron chi connectivity index (χ3n) is 3.40. The third-order valence-corrected chi connectivity index (χ3v) is 4.36. The molecule has 1 heterocycles. The summed E-state index contributed by atoms with van der Waals surface area (Å²) in [6.45, 7) is 4.57. The highest BCUT2D eigenvalue weighted by Gasteiger charge is 2.05. The van der Waals surface area contributed by atoms with Gasteiger partial charge in [-0.3, -0.25) is 9.59 Å². The molecule has 0 saturated carbocycles. The monoisotopic (exact) mass is 346 g/mol. The molecule has 1 aromatic carbocycles. The van der Waals surface area contributed by atoms with Gasteiger partial charge in [0.05, 0.1) is 22.9 Å². The summed E-state index contributed by atoms with van der Waals surface area (Å²) in [6, 6.07) is 10.2. The van der Waals surface area contributed by atoms with E-state index in [-0.39, 0.29) is 17.4 Å². The quantitative estimate of drug-likeness (QED) is 0.755. The van der Waals surface area contributed by atoms with Gasteiger partial charge in [0.25, 0.3) is 0 Å². The lowest BCUT2D eigenvalue weighted by Crippen LogP contribution is -2.28. The van der Waals surface area contributed by atoms with Crippen molar-refractivity contribution in [3.8, 4) is 5.69 Å². The van der Waals surface area contributed by atoms with Crippen LogP contribution < -0.4 is 11.1 Å². The smallest absolute Gasteiger partial charge is 0.230 e. The number of aryl methyl sites for hydroxylation is 2. The minimum Gasteiger partial charge on any atom is -0.369 e. The molecule has 0 fully saturated rings.